The molecular weight excluding hydrogens is 355 g/mol. The number of nitrogens with one attached hydrogen (secondary N) is 1. The Hall–Kier alpha value is -2.57. The molecule has 1 aromatic heterocycles. The van der Waals surface area contributed by atoms with Gasteiger partial charge < -0.3 is 15.1 Å². The number of hydrogen-bond donors (Lipinski definition) is 1. The van der Waals surface area contributed by atoms with Gasteiger partial charge in [0.25, 0.3) is 0 Å². The van der Waals surface area contributed by atoms with Crippen LogP contribution in [0.2, 0.25) is 0 Å². The second-order valence-electron chi connectivity index (χ2n) is 7.03. The van der Waals surface area contributed by atoms with Crippen LogP contribution < -0.4 is 10.2 Å². The smallest absolute Gasteiger partial charge is 0.194 e. The zero-order chi connectivity index (χ0) is 20.1. The van der Waals surface area contributed by atoms with E-state index in [2.05, 4.69) is 39.1 Å². The van der Waals surface area contributed by atoms with Crippen molar-refractivity contribution < 1.29 is 4.39 Å². The van der Waals surface area contributed by atoms with Crippen molar-refractivity contribution in [1.29, 1.82) is 0 Å². The fourth-order valence-electron chi connectivity index (χ4n) is 3.96. The van der Waals surface area contributed by atoms with Crippen molar-refractivity contribution in [3.05, 3.63) is 47.0 Å². The number of aryl methyl sites for hydroxylation is 2. The van der Waals surface area contributed by atoms with Crippen molar-refractivity contribution in [3.63, 3.8) is 0 Å². The molecule has 0 spiro atoms. The van der Waals surface area contributed by atoms with Crippen LogP contribution in [0, 0.1) is 5.82 Å². The largest absolute Gasteiger partial charge is 0.366 e. The zero-order valence-corrected chi connectivity index (χ0v) is 17.4. The molecule has 1 aromatic carbocycles. The number of aliphatic imine (C=N–C) groups is 1. The number of halogens is 1. The summed E-state index contributed by atoms with van der Waals surface area (Å²) in [6.07, 6.45) is 1.88. The Bertz CT molecular complexity index is 820. The second kappa shape index (κ2) is 9.08. The minimum Gasteiger partial charge on any atom is -0.366 e. The number of aromatic nitrogens is 2. The van der Waals surface area contributed by atoms with Gasteiger partial charge in [0.05, 0.1) is 11.4 Å². The summed E-state index contributed by atoms with van der Waals surface area (Å²) in [4.78, 5) is 8.81. The van der Waals surface area contributed by atoms with Gasteiger partial charge in [0.1, 0.15) is 5.82 Å². The summed E-state index contributed by atoms with van der Waals surface area (Å²) < 4.78 is 16.0. The second-order valence-corrected chi connectivity index (χ2v) is 7.03. The van der Waals surface area contributed by atoms with Crippen LogP contribution in [0.3, 0.4) is 0 Å². The highest BCUT2D eigenvalue weighted by Crippen LogP contribution is 2.20. The van der Waals surface area contributed by atoms with E-state index in [0.717, 1.165) is 57.2 Å². The number of nitrogens with zero attached hydrogens (tertiary/aromatic N) is 5. The van der Waals surface area contributed by atoms with Crippen molar-refractivity contribution in [2.45, 2.75) is 33.2 Å². The number of guanidine groups is 1. The van der Waals surface area contributed by atoms with Crippen LogP contribution in [0.1, 0.15) is 30.8 Å². The maximum atomic E-state index is 14.1. The van der Waals surface area contributed by atoms with Crippen LogP contribution in [0.15, 0.2) is 29.3 Å². The lowest BCUT2D eigenvalue weighted by Crippen LogP contribution is -2.52. The first-order valence-electron chi connectivity index (χ1n) is 10.1. The van der Waals surface area contributed by atoms with Gasteiger partial charge >= 0.3 is 0 Å². The number of anilines is 1. The Balaban J connectivity index is 1.62. The summed E-state index contributed by atoms with van der Waals surface area (Å²) in [6.45, 7) is 8.19. The Morgan fingerprint density at radius 1 is 1.14 bits per heavy atom. The van der Waals surface area contributed by atoms with Gasteiger partial charge in [0, 0.05) is 58.1 Å². The fourth-order valence-corrected chi connectivity index (χ4v) is 3.96. The Morgan fingerprint density at radius 2 is 1.86 bits per heavy atom. The highest BCUT2D eigenvalue weighted by molar-refractivity contribution is 5.80. The van der Waals surface area contributed by atoms with E-state index >= 15 is 0 Å². The summed E-state index contributed by atoms with van der Waals surface area (Å²) in [5.74, 6) is 0.732. The number of piperazine rings is 1. The molecule has 0 radical (unpaired) electrons. The molecule has 2 aromatic rings. The Kier molecular flexibility index (Phi) is 6.54. The summed E-state index contributed by atoms with van der Waals surface area (Å²) in [7, 11) is 3.83. The third-order valence-electron chi connectivity index (χ3n) is 5.44. The SMILES string of the molecule is CCc1nn(C)c(CC)c1CNC(=NC)N1CCN(c2ccccc2F)CC1. The molecule has 0 saturated carbocycles. The highest BCUT2D eigenvalue weighted by atomic mass is 19.1. The van der Waals surface area contributed by atoms with Gasteiger partial charge in [0.2, 0.25) is 0 Å². The molecule has 3 rings (SSSR count). The van der Waals surface area contributed by atoms with E-state index in [0.29, 0.717) is 5.69 Å². The fraction of sp³-hybridized carbons (Fsp3) is 0.524. The summed E-state index contributed by atoms with van der Waals surface area (Å²) in [5, 5.41) is 8.16. The molecule has 1 aliphatic rings. The van der Waals surface area contributed by atoms with Crippen molar-refractivity contribution >= 4 is 11.6 Å². The number of benzene rings is 1. The predicted molar refractivity (Wildman–Crippen MR) is 112 cm³/mol. The first-order valence-corrected chi connectivity index (χ1v) is 10.1. The normalized spacial score (nSPS) is 15.2. The quantitative estimate of drug-likeness (QED) is 0.634. The highest BCUT2D eigenvalue weighted by Gasteiger charge is 2.22. The number of rotatable bonds is 5. The van der Waals surface area contributed by atoms with E-state index in [1.165, 1.54) is 17.3 Å². The molecule has 28 heavy (non-hydrogen) atoms. The van der Waals surface area contributed by atoms with Crippen LogP contribution in [0.4, 0.5) is 10.1 Å². The van der Waals surface area contributed by atoms with E-state index in [9.17, 15) is 4.39 Å². The van der Waals surface area contributed by atoms with E-state index in [1.807, 2.05) is 30.9 Å². The molecular formula is C21H31FN6. The van der Waals surface area contributed by atoms with Crippen LogP contribution >= 0.6 is 0 Å². The van der Waals surface area contributed by atoms with Gasteiger partial charge in [-0.3, -0.25) is 9.67 Å². The molecule has 152 valence electrons. The molecule has 0 aliphatic carbocycles. The molecule has 0 atom stereocenters. The van der Waals surface area contributed by atoms with Gasteiger partial charge in [0.15, 0.2) is 5.96 Å². The van der Waals surface area contributed by atoms with Crippen LogP contribution in [0.5, 0.6) is 0 Å². The van der Waals surface area contributed by atoms with Gasteiger partial charge in [-0.2, -0.15) is 5.10 Å². The standard InChI is InChI=1S/C21H31FN6/c1-5-18-16(19(6-2)26(4)25-18)15-24-21(23-3)28-13-11-27(12-14-28)20-10-8-7-9-17(20)22/h7-10H,5-6,11-15H2,1-4H3,(H,23,24). The maximum absolute atomic E-state index is 14.1. The van der Waals surface area contributed by atoms with Gasteiger partial charge in [-0.1, -0.05) is 26.0 Å². The molecule has 7 heteroatoms. The van der Waals surface area contributed by atoms with Crippen LogP contribution in [-0.2, 0) is 26.4 Å². The lowest BCUT2D eigenvalue weighted by molar-refractivity contribution is 0.370. The van der Waals surface area contributed by atoms with E-state index < -0.39 is 0 Å². The minimum absolute atomic E-state index is 0.158. The van der Waals surface area contributed by atoms with Crippen LogP contribution in [0.25, 0.3) is 0 Å². The Labute approximate surface area is 167 Å². The molecule has 1 aliphatic heterocycles. The van der Waals surface area contributed by atoms with Crippen molar-refractivity contribution in [2.24, 2.45) is 12.0 Å². The number of para-hydroxylation sites is 1. The van der Waals surface area contributed by atoms with Crippen LogP contribution in [-0.4, -0.2) is 53.9 Å². The summed E-state index contributed by atoms with van der Waals surface area (Å²) >= 11 is 0. The van der Waals surface area contributed by atoms with E-state index in [1.54, 1.807) is 6.07 Å². The molecule has 0 amide bonds. The van der Waals surface area contributed by atoms with Crippen molar-refractivity contribution in [3.8, 4) is 0 Å². The first kappa shape index (κ1) is 20.2. The summed E-state index contributed by atoms with van der Waals surface area (Å²) in [6, 6.07) is 6.98. The van der Waals surface area contributed by atoms with Crippen molar-refractivity contribution in [2.75, 3.05) is 38.1 Å². The number of hydrogen-bond acceptors (Lipinski definition) is 3. The molecule has 1 fully saturated rings. The molecule has 0 unspecified atom stereocenters. The topological polar surface area (TPSA) is 48.7 Å². The van der Waals surface area contributed by atoms with Gasteiger partial charge in [-0.15, -0.1) is 0 Å². The Morgan fingerprint density at radius 3 is 2.46 bits per heavy atom. The first-order chi connectivity index (χ1) is 13.6. The lowest BCUT2D eigenvalue weighted by Gasteiger charge is -2.37. The summed E-state index contributed by atoms with van der Waals surface area (Å²) in [5.41, 5.74) is 4.37. The predicted octanol–water partition coefficient (Wildman–Crippen LogP) is 2.58. The average Bonchev–Trinajstić information content (AvgIpc) is 3.04. The van der Waals surface area contributed by atoms with E-state index in [4.69, 9.17) is 0 Å². The van der Waals surface area contributed by atoms with Crippen molar-refractivity contribution in [1.82, 2.24) is 20.0 Å². The van der Waals surface area contributed by atoms with Gasteiger partial charge in [-0.05, 0) is 25.0 Å². The maximum Gasteiger partial charge on any atom is 0.194 e. The zero-order valence-electron chi connectivity index (χ0n) is 17.4. The molecule has 6 nitrogen and oxygen atoms in total. The average molecular weight is 387 g/mol. The molecule has 0 bridgehead atoms. The van der Waals surface area contributed by atoms with Gasteiger partial charge in [-0.25, -0.2) is 4.39 Å². The monoisotopic (exact) mass is 386 g/mol. The third-order valence-corrected chi connectivity index (χ3v) is 5.44. The third kappa shape index (κ3) is 4.13. The lowest BCUT2D eigenvalue weighted by atomic mass is 10.1. The molecule has 1 saturated heterocycles. The minimum atomic E-state index is -0.158. The van der Waals surface area contributed by atoms with E-state index in [-0.39, 0.29) is 5.82 Å². The molecule has 2 heterocycles. The molecule has 1 N–H and O–H groups in total.